The molecule has 2 aliphatic rings. The van der Waals surface area contributed by atoms with Crippen molar-refractivity contribution in [2.75, 3.05) is 72.2 Å². The fourth-order valence-electron chi connectivity index (χ4n) is 6.76. The molecule has 11 nitrogen and oxygen atoms in total. The van der Waals surface area contributed by atoms with Crippen LogP contribution in [0.4, 0.5) is 5.69 Å². The number of anilines is 1. The molecule has 0 bridgehead atoms. The Labute approximate surface area is 286 Å². The molecule has 0 unspecified atom stereocenters. The number of nitrogens with one attached hydrogen (secondary N) is 1. The Kier molecular flexibility index (Phi) is 13.9. The van der Waals surface area contributed by atoms with Gasteiger partial charge in [-0.2, -0.15) is 0 Å². The average Bonchev–Trinajstić information content (AvgIpc) is 3.09. The van der Waals surface area contributed by atoms with Crippen molar-refractivity contribution in [3.8, 4) is 11.5 Å². The lowest BCUT2D eigenvalue weighted by Gasteiger charge is -2.46. The van der Waals surface area contributed by atoms with Gasteiger partial charge in [0.15, 0.2) is 0 Å². The van der Waals surface area contributed by atoms with Crippen LogP contribution in [-0.2, 0) is 30.4 Å². The molecule has 3 N–H and O–H groups in total. The molecule has 0 radical (unpaired) electrons. The van der Waals surface area contributed by atoms with E-state index in [-0.39, 0.29) is 29.9 Å². The number of ether oxygens (including phenoxy) is 5. The molecule has 2 amide bonds. The number of hydrogen-bond acceptors (Lipinski definition) is 9. The van der Waals surface area contributed by atoms with Gasteiger partial charge in [0.25, 0.3) is 0 Å². The lowest BCUT2D eigenvalue weighted by molar-refractivity contribution is -0.145. The van der Waals surface area contributed by atoms with E-state index in [0.717, 1.165) is 54.2 Å². The highest BCUT2D eigenvalue weighted by molar-refractivity contribution is 5.83. The van der Waals surface area contributed by atoms with Gasteiger partial charge in [-0.3, -0.25) is 9.59 Å². The van der Waals surface area contributed by atoms with Crippen molar-refractivity contribution in [2.45, 2.75) is 77.2 Å². The molecule has 1 saturated heterocycles. The van der Waals surface area contributed by atoms with E-state index >= 15 is 0 Å². The normalized spacial score (nSPS) is 20.1. The predicted octanol–water partition coefficient (Wildman–Crippen LogP) is 4.12. The summed E-state index contributed by atoms with van der Waals surface area (Å²) in [6.45, 7) is 10.6. The molecule has 266 valence electrons. The topological polar surface area (TPSA) is 125 Å². The zero-order valence-electron chi connectivity index (χ0n) is 29.7. The lowest BCUT2D eigenvalue weighted by Crippen LogP contribution is -2.57. The number of carbonyl (C=O) groups excluding carboxylic acids is 2. The van der Waals surface area contributed by atoms with Gasteiger partial charge in [0.1, 0.15) is 18.1 Å². The molecule has 0 aromatic heterocycles. The third kappa shape index (κ3) is 9.84. The van der Waals surface area contributed by atoms with Gasteiger partial charge < -0.3 is 44.5 Å². The predicted molar refractivity (Wildman–Crippen MR) is 187 cm³/mol. The van der Waals surface area contributed by atoms with Gasteiger partial charge in [-0.25, -0.2) is 0 Å². The van der Waals surface area contributed by atoms with E-state index in [9.17, 15) is 9.59 Å². The second-order valence-corrected chi connectivity index (χ2v) is 13.5. The molecule has 1 fully saturated rings. The van der Waals surface area contributed by atoms with Crippen LogP contribution < -0.4 is 25.4 Å². The summed E-state index contributed by atoms with van der Waals surface area (Å²) in [7, 11) is 5.05. The Morgan fingerprint density at radius 2 is 1.79 bits per heavy atom. The summed E-state index contributed by atoms with van der Waals surface area (Å²) in [6.07, 6.45) is 2.56. The second kappa shape index (κ2) is 17.9. The Bertz CT molecular complexity index is 1320. The van der Waals surface area contributed by atoms with Crippen molar-refractivity contribution in [1.82, 2.24) is 10.2 Å². The van der Waals surface area contributed by atoms with Gasteiger partial charge in [-0.15, -0.1) is 0 Å². The number of nitrogens with two attached hydrogens (primary N) is 1. The molecule has 4 rings (SSSR count). The summed E-state index contributed by atoms with van der Waals surface area (Å²) < 4.78 is 29.0. The zero-order valence-corrected chi connectivity index (χ0v) is 29.7. The fraction of sp³-hybridized carbons (Fsp3) is 0.622. The first-order valence-corrected chi connectivity index (χ1v) is 17.2. The summed E-state index contributed by atoms with van der Waals surface area (Å²) in [6, 6.07) is 13.5. The Morgan fingerprint density at radius 1 is 1.06 bits per heavy atom. The summed E-state index contributed by atoms with van der Waals surface area (Å²) in [5.74, 6) is 1.44. The number of nitrogens with zero attached hydrogens (tertiary/aromatic N) is 2. The van der Waals surface area contributed by atoms with Crippen LogP contribution in [0.3, 0.4) is 0 Å². The third-order valence-electron chi connectivity index (χ3n) is 9.35. The minimum absolute atomic E-state index is 0.0262. The van der Waals surface area contributed by atoms with Crippen LogP contribution in [0.5, 0.6) is 11.5 Å². The van der Waals surface area contributed by atoms with Crippen LogP contribution in [-0.4, -0.2) is 102 Å². The Morgan fingerprint density at radius 3 is 2.48 bits per heavy atom. The van der Waals surface area contributed by atoms with Gasteiger partial charge in [-0.05, 0) is 61.6 Å². The average molecular weight is 669 g/mol. The van der Waals surface area contributed by atoms with Crippen molar-refractivity contribution in [2.24, 2.45) is 11.1 Å². The van der Waals surface area contributed by atoms with E-state index in [4.69, 9.17) is 29.4 Å². The summed E-state index contributed by atoms with van der Waals surface area (Å²) in [5, 5.41) is 2.79. The van der Waals surface area contributed by atoms with Crippen molar-refractivity contribution in [3.05, 3.63) is 53.6 Å². The Balaban J connectivity index is 1.60. The highest BCUT2D eigenvalue weighted by atomic mass is 16.5. The van der Waals surface area contributed by atoms with Gasteiger partial charge in [-0.1, -0.05) is 32.0 Å². The molecule has 0 saturated carbocycles. The monoisotopic (exact) mass is 668 g/mol. The van der Waals surface area contributed by atoms with E-state index in [1.54, 1.807) is 28.2 Å². The number of fused-ring (bicyclic) bond motifs is 1. The number of amides is 2. The van der Waals surface area contributed by atoms with E-state index in [0.29, 0.717) is 52.4 Å². The molecule has 2 aromatic carbocycles. The number of hydrogen-bond donors (Lipinski definition) is 2. The molecule has 4 atom stereocenters. The smallest absolute Gasteiger partial charge is 0.239 e. The molecule has 2 aromatic rings. The second-order valence-electron chi connectivity index (χ2n) is 13.5. The third-order valence-corrected chi connectivity index (χ3v) is 9.35. The quantitative estimate of drug-likeness (QED) is 0.240. The molecular weight excluding hydrogens is 612 g/mol. The van der Waals surface area contributed by atoms with Gasteiger partial charge >= 0.3 is 0 Å². The van der Waals surface area contributed by atoms with Gasteiger partial charge in [0, 0.05) is 71.4 Å². The van der Waals surface area contributed by atoms with E-state index in [1.807, 2.05) is 43.0 Å². The first kappa shape index (κ1) is 37.4. The first-order chi connectivity index (χ1) is 23.1. The minimum atomic E-state index is -0.686. The lowest BCUT2D eigenvalue weighted by atomic mass is 9.76. The molecule has 0 spiro atoms. The van der Waals surface area contributed by atoms with Crippen LogP contribution in [0.2, 0.25) is 0 Å². The number of benzene rings is 2. The van der Waals surface area contributed by atoms with Crippen LogP contribution in [0.1, 0.15) is 63.5 Å². The number of carbonyl (C=O) groups is 2. The molecular formula is C37H56N4O7. The van der Waals surface area contributed by atoms with Crippen LogP contribution in [0.15, 0.2) is 42.5 Å². The van der Waals surface area contributed by atoms with Crippen LogP contribution in [0.25, 0.3) is 0 Å². The van der Waals surface area contributed by atoms with Crippen molar-refractivity contribution >= 4 is 17.5 Å². The van der Waals surface area contributed by atoms with Crippen LogP contribution in [0, 0.1) is 5.41 Å². The maximum atomic E-state index is 13.6. The molecule has 11 heteroatoms. The molecule has 48 heavy (non-hydrogen) atoms. The highest BCUT2D eigenvalue weighted by Gasteiger charge is 2.43. The fourth-order valence-corrected chi connectivity index (χ4v) is 6.76. The summed E-state index contributed by atoms with van der Waals surface area (Å²) >= 11 is 0. The largest absolute Gasteiger partial charge is 0.494 e. The summed E-state index contributed by atoms with van der Waals surface area (Å²) in [4.78, 5) is 30.6. The maximum Gasteiger partial charge on any atom is 0.239 e. The molecule has 0 aliphatic carbocycles. The Hall–Kier alpha value is -3.38. The minimum Gasteiger partial charge on any atom is -0.494 e. The number of piperidine rings is 1. The van der Waals surface area contributed by atoms with Crippen LogP contribution >= 0.6 is 0 Å². The van der Waals surface area contributed by atoms with E-state index < -0.39 is 11.5 Å². The number of rotatable bonds is 17. The van der Waals surface area contributed by atoms with Crippen molar-refractivity contribution in [3.63, 3.8) is 0 Å². The van der Waals surface area contributed by atoms with Crippen molar-refractivity contribution in [1.29, 1.82) is 0 Å². The zero-order chi connectivity index (χ0) is 34.7. The van der Waals surface area contributed by atoms with E-state index in [1.165, 1.54) is 0 Å². The molecule has 2 heterocycles. The molecule has 2 aliphatic heterocycles. The van der Waals surface area contributed by atoms with Gasteiger partial charge in [0.05, 0.1) is 37.6 Å². The first-order valence-electron chi connectivity index (χ1n) is 17.2. The number of methoxy groups -OCH3 is 2. The SMILES string of the molecule is CNC(=O)C(C)(C)C[C@@H]1C[C@H](c2ccc(OCCCOC)cc2)[C@@H](OCc2ccc3c(c2)N(CCCOC)CCO3)CN1C(=O)[C@H](C)N. The van der Waals surface area contributed by atoms with E-state index in [2.05, 4.69) is 28.4 Å². The van der Waals surface area contributed by atoms with Crippen molar-refractivity contribution < 1.29 is 33.3 Å². The van der Waals surface area contributed by atoms with Gasteiger partial charge in [0.2, 0.25) is 11.8 Å². The number of likely N-dealkylation sites (tertiary alicyclic amines) is 1. The summed E-state index contributed by atoms with van der Waals surface area (Å²) in [5.41, 5.74) is 8.68. The standard InChI is InChI=1S/C37H56N4O7/c1-26(38)35(42)41-24-34(48-25-27-9-14-33-32(21-27)40(16-20-47-33)15-7-17-44-5)31(22-29(41)23-37(2,3)36(43)39-4)28-10-12-30(13-11-28)46-19-8-18-45-6/h9-14,21,26,29,31,34H,7-8,15-20,22-25,38H2,1-6H3,(H,39,43)/t26-,29-,31+,34-/m0/s1. The maximum absolute atomic E-state index is 13.6. The highest BCUT2D eigenvalue weighted by Crippen LogP contribution is 2.40.